The van der Waals surface area contributed by atoms with Gasteiger partial charge in [0.25, 0.3) is 0 Å². The van der Waals surface area contributed by atoms with E-state index in [9.17, 15) is 4.79 Å². The Morgan fingerprint density at radius 3 is 2.53 bits per heavy atom. The molecule has 0 N–H and O–H groups in total. The molecule has 0 aromatic heterocycles. The predicted molar refractivity (Wildman–Crippen MR) is 56.4 cm³/mol. The third kappa shape index (κ3) is 1.81. The number of hydrogen-bond donors (Lipinski definition) is 0. The van der Waals surface area contributed by atoms with Gasteiger partial charge in [0.05, 0.1) is 17.6 Å². The molecule has 2 bridgehead atoms. The van der Waals surface area contributed by atoms with E-state index in [-0.39, 0.29) is 18.2 Å². The lowest BCUT2D eigenvalue weighted by Gasteiger charge is -2.30. The Balaban J connectivity index is 2.11. The highest BCUT2D eigenvalue weighted by atomic mass is 16.6. The third-order valence-electron chi connectivity index (χ3n) is 2.94. The third-order valence-corrected chi connectivity index (χ3v) is 2.94. The number of ether oxygens (including phenoxy) is 2. The van der Waals surface area contributed by atoms with Crippen LogP contribution >= 0.6 is 0 Å². The van der Waals surface area contributed by atoms with Crippen molar-refractivity contribution in [1.82, 2.24) is 0 Å². The van der Waals surface area contributed by atoms with E-state index in [1.807, 2.05) is 39.8 Å². The van der Waals surface area contributed by atoms with Gasteiger partial charge in [-0.2, -0.15) is 0 Å². The number of carbonyl (C=O) groups excluding carboxylic acids is 1. The molecule has 3 nitrogen and oxygen atoms in total. The van der Waals surface area contributed by atoms with Crippen molar-refractivity contribution in [3.63, 3.8) is 0 Å². The summed E-state index contributed by atoms with van der Waals surface area (Å²) in [4.78, 5) is 12.0. The minimum Gasteiger partial charge on any atom is -0.459 e. The van der Waals surface area contributed by atoms with Gasteiger partial charge in [-0.25, -0.2) is 0 Å². The molecule has 0 saturated carbocycles. The van der Waals surface area contributed by atoms with Crippen LogP contribution in [0.25, 0.3) is 0 Å². The summed E-state index contributed by atoms with van der Waals surface area (Å²) in [7, 11) is 0. The van der Waals surface area contributed by atoms with Crippen molar-refractivity contribution in [3.8, 4) is 0 Å². The predicted octanol–water partition coefficient (Wildman–Crippen LogP) is 2.06. The lowest BCUT2D eigenvalue weighted by atomic mass is 9.78. The number of esters is 1. The van der Waals surface area contributed by atoms with E-state index in [0.29, 0.717) is 0 Å². The monoisotopic (exact) mass is 210 g/mol. The molecule has 84 valence electrons. The Labute approximate surface area is 90.4 Å². The van der Waals surface area contributed by atoms with Gasteiger partial charge < -0.3 is 9.47 Å². The van der Waals surface area contributed by atoms with Gasteiger partial charge in [0.1, 0.15) is 5.60 Å². The van der Waals surface area contributed by atoms with Crippen LogP contribution < -0.4 is 0 Å². The van der Waals surface area contributed by atoms with Gasteiger partial charge in [0.2, 0.25) is 0 Å². The quantitative estimate of drug-likeness (QED) is 0.491. The van der Waals surface area contributed by atoms with Crippen LogP contribution in [-0.2, 0) is 14.3 Å². The minimum atomic E-state index is -0.493. The van der Waals surface area contributed by atoms with E-state index in [4.69, 9.17) is 9.47 Å². The van der Waals surface area contributed by atoms with E-state index < -0.39 is 11.0 Å². The summed E-state index contributed by atoms with van der Waals surface area (Å²) in [6.45, 7) is 7.59. The molecule has 15 heavy (non-hydrogen) atoms. The van der Waals surface area contributed by atoms with Gasteiger partial charge >= 0.3 is 5.97 Å². The maximum Gasteiger partial charge on any atom is 0.315 e. The van der Waals surface area contributed by atoms with Crippen LogP contribution in [0.4, 0.5) is 0 Å². The highest BCUT2D eigenvalue weighted by Crippen LogP contribution is 2.45. The van der Waals surface area contributed by atoms with E-state index in [1.54, 1.807) is 0 Å². The Morgan fingerprint density at radius 2 is 2.13 bits per heavy atom. The van der Waals surface area contributed by atoms with Gasteiger partial charge in [-0.1, -0.05) is 12.2 Å². The second-order valence-corrected chi connectivity index (χ2v) is 5.60. The molecule has 0 aliphatic carbocycles. The normalized spacial score (nSPS) is 38.4. The Morgan fingerprint density at radius 1 is 1.47 bits per heavy atom. The molecule has 0 aromatic carbocycles. The molecule has 1 fully saturated rings. The van der Waals surface area contributed by atoms with Crippen LogP contribution in [0.15, 0.2) is 12.2 Å². The van der Waals surface area contributed by atoms with Gasteiger partial charge in [-0.05, 0) is 34.1 Å². The first-order chi connectivity index (χ1) is 6.81. The van der Waals surface area contributed by atoms with Crippen LogP contribution in [0.3, 0.4) is 0 Å². The van der Waals surface area contributed by atoms with Gasteiger partial charge in [0, 0.05) is 0 Å². The summed E-state index contributed by atoms with van der Waals surface area (Å²) in [6.07, 6.45) is 4.74. The summed E-state index contributed by atoms with van der Waals surface area (Å²) < 4.78 is 11.0. The highest BCUT2D eigenvalue weighted by molar-refractivity contribution is 5.79. The fraction of sp³-hybridized carbons (Fsp3) is 0.750. The molecule has 2 aliphatic rings. The average molecular weight is 210 g/mol. The van der Waals surface area contributed by atoms with Crippen molar-refractivity contribution < 1.29 is 14.3 Å². The molecule has 2 heterocycles. The molecule has 0 amide bonds. The summed E-state index contributed by atoms with van der Waals surface area (Å²) in [6, 6.07) is 0. The number of rotatable bonds is 1. The zero-order valence-electron chi connectivity index (χ0n) is 9.74. The summed E-state index contributed by atoms with van der Waals surface area (Å²) in [5.74, 6) is -0.146. The zero-order valence-corrected chi connectivity index (χ0v) is 9.74. The molecule has 0 radical (unpaired) electrons. The smallest absolute Gasteiger partial charge is 0.315 e. The maximum absolute atomic E-state index is 12.0. The standard InChI is InChI=1S/C12H18O3/c1-11(2,3)15-10(13)12(4)7-8-5-6-9(12)14-8/h5-6,8-9H,7H2,1-4H3. The maximum atomic E-state index is 12.0. The fourth-order valence-electron chi connectivity index (χ4n) is 2.11. The van der Waals surface area contributed by atoms with Crippen molar-refractivity contribution in [3.05, 3.63) is 12.2 Å². The van der Waals surface area contributed by atoms with Crippen molar-refractivity contribution in [2.45, 2.75) is 51.9 Å². The first-order valence-corrected chi connectivity index (χ1v) is 5.38. The van der Waals surface area contributed by atoms with Gasteiger partial charge in [-0.3, -0.25) is 4.79 Å². The van der Waals surface area contributed by atoms with Crippen molar-refractivity contribution in [2.24, 2.45) is 5.41 Å². The summed E-state index contributed by atoms with van der Waals surface area (Å²) in [5, 5.41) is 0. The van der Waals surface area contributed by atoms with E-state index in [1.165, 1.54) is 0 Å². The largest absolute Gasteiger partial charge is 0.459 e. The van der Waals surface area contributed by atoms with Crippen molar-refractivity contribution in [1.29, 1.82) is 0 Å². The average Bonchev–Trinajstić information content (AvgIpc) is 2.60. The highest BCUT2D eigenvalue weighted by Gasteiger charge is 2.53. The molecule has 1 saturated heterocycles. The molecule has 0 aromatic rings. The molecule has 3 unspecified atom stereocenters. The van der Waals surface area contributed by atoms with E-state index in [0.717, 1.165) is 6.42 Å². The zero-order chi connectivity index (χ0) is 11.3. The van der Waals surface area contributed by atoms with Crippen molar-refractivity contribution >= 4 is 5.97 Å². The van der Waals surface area contributed by atoms with Crippen LogP contribution in [0, 0.1) is 5.41 Å². The molecule has 0 spiro atoms. The molecule has 2 aliphatic heterocycles. The van der Waals surface area contributed by atoms with E-state index in [2.05, 4.69) is 0 Å². The molecule has 3 atom stereocenters. The Hall–Kier alpha value is -0.830. The van der Waals surface area contributed by atoms with Crippen LogP contribution in [-0.4, -0.2) is 23.8 Å². The SMILES string of the molecule is CC(C)(C)OC(=O)C1(C)CC2C=CC1O2. The van der Waals surface area contributed by atoms with Gasteiger partial charge in [-0.15, -0.1) is 0 Å². The van der Waals surface area contributed by atoms with Crippen LogP contribution in [0.2, 0.25) is 0 Å². The number of carbonyl (C=O) groups is 1. The topological polar surface area (TPSA) is 35.5 Å². The fourth-order valence-corrected chi connectivity index (χ4v) is 2.11. The lowest BCUT2D eigenvalue weighted by molar-refractivity contribution is -0.168. The molecular formula is C12H18O3. The summed E-state index contributed by atoms with van der Waals surface area (Å²) >= 11 is 0. The van der Waals surface area contributed by atoms with Crippen molar-refractivity contribution in [2.75, 3.05) is 0 Å². The molecular weight excluding hydrogens is 192 g/mol. The molecule has 3 heteroatoms. The molecule has 2 rings (SSSR count). The first kappa shape index (κ1) is 10.7. The van der Waals surface area contributed by atoms with Crippen LogP contribution in [0.1, 0.15) is 34.1 Å². The van der Waals surface area contributed by atoms with E-state index >= 15 is 0 Å². The number of hydrogen-bond acceptors (Lipinski definition) is 3. The first-order valence-electron chi connectivity index (χ1n) is 5.38. The second-order valence-electron chi connectivity index (χ2n) is 5.60. The number of fused-ring (bicyclic) bond motifs is 2. The van der Waals surface area contributed by atoms with Gasteiger partial charge in [0.15, 0.2) is 0 Å². The Kier molecular flexibility index (Phi) is 2.19. The summed E-state index contributed by atoms with van der Waals surface area (Å²) in [5.41, 5.74) is -0.918. The minimum absolute atomic E-state index is 0.0997. The second kappa shape index (κ2) is 3.08. The lowest BCUT2D eigenvalue weighted by Crippen LogP contribution is -2.41. The van der Waals surface area contributed by atoms with Crippen LogP contribution in [0.5, 0.6) is 0 Å². The Bertz CT molecular complexity index is 313.